The van der Waals surface area contributed by atoms with Gasteiger partial charge in [-0.25, -0.2) is 14.2 Å². The third kappa shape index (κ3) is 3.90. The van der Waals surface area contributed by atoms with Gasteiger partial charge in [-0.05, 0) is 60.0 Å². The Labute approximate surface area is 159 Å². The minimum atomic E-state index is -0.614. The predicted molar refractivity (Wildman–Crippen MR) is 101 cm³/mol. The van der Waals surface area contributed by atoms with Crippen molar-refractivity contribution in [2.45, 2.75) is 25.8 Å². The van der Waals surface area contributed by atoms with E-state index in [4.69, 9.17) is 9.47 Å². The molecule has 2 aromatic rings. The van der Waals surface area contributed by atoms with Crippen LogP contribution in [0.4, 0.5) is 20.7 Å². The van der Waals surface area contributed by atoms with Crippen molar-refractivity contribution in [1.82, 2.24) is 4.98 Å². The first-order valence-electron chi connectivity index (χ1n) is 8.26. The topological polar surface area (TPSA) is 63.7 Å². The number of amides is 2. The number of rotatable bonds is 6. The number of aromatic nitrogens is 1. The summed E-state index contributed by atoms with van der Waals surface area (Å²) in [5.41, 5.74) is 0.0792. The molecule has 1 aliphatic carbocycles. The first kappa shape index (κ1) is 18.4. The van der Waals surface area contributed by atoms with Crippen LogP contribution in [0.1, 0.15) is 19.8 Å². The molecule has 1 N–H and O–H groups in total. The SMILES string of the molecule is CCOc1ccc(OC)c(N(C(=O)Nc2ccc(Br)cn2)C2CC2)c1F. The zero-order valence-electron chi connectivity index (χ0n) is 14.5. The van der Waals surface area contributed by atoms with E-state index in [1.165, 1.54) is 18.1 Å². The van der Waals surface area contributed by atoms with E-state index in [0.29, 0.717) is 12.4 Å². The molecule has 26 heavy (non-hydrogen) atoms. The van der Waals surface area contributed by atoms with Crippen LogP contribution >= 0.6 is 15.9 Å². The van der Waals surface area contributed by atoms with Gasteiger partial charge in [-0.1, -0.05) is 0 Å². The first-order chi connectivity index (χ1) is 12.5. The van der Waals surface area contributed by atoms with E-state index in [0.717, 1.165) is 17.3 Å². The molecule has 2 amide bonds. The smallest absolute Gasteiger partial charge is 0.327 e. The molecule has 0 unspecified atom stereocenters. The Bertz CT molecular complexity index is 797. The molecule has 1 heterocycles. The number of anilines is 2. The number of pyridine rings is 1. The van der Waals surface area contributed by atoms with Gasteiger partial charge in [0, 0.05) is 16.7 Å². The zero-order valence-corrected chi connectivity index (χ0v) is 16.0. The zero-order chi connectivity index (χ0) is 18.7. The number of nitrogens with one attached hydrogen (secondary N) is 1. The summed E-state index contributed by atoms with van der Waals surface area (Å²) in [4.78, 5) is 18.4. The molecular formula is C18H19BrFN3O3. The second-order valence-electron chi connectivity index (χ2n) is 5.75. The van der Waals surface area contributed by atoms with E-state index in [1.807, 2.05) is 0 Å². The Morgan fingerprint density at radius 3 is 2.65 bits per heavy atom. The van der Waals surface area contributed by atoms with Crippen LogP contribution in [0, 0.1) is 5.82 Å². The molecule has 6 nitrogen and oxygen atoms in total. The Hall–Kier alpha value is -2.35. The van der Waals surface area contributed by atoms with Gasteiger partial charge >= 0.3 is 6.03 Å². The molecule has 0 aliphatic heterocycles. The summed E-state index contributed by atoms with van der Waals surface area (Å²) < 4.78 is 26.5. The lowest BCUT2D eigenvalue weighted by atomic mass is 10.2. The van der Waals surface area contributed by atoms with E-state index in [2.05, 4.69) is 26.2 Å². The first-order valence-corrected chi connectivity index (χ1v) is 9.05. The molecule has 1 saturated carbocycles. The Morgan fingerprint density at radius 1 is 1.35 bits per heavy atom. The normalized spacial score (nSPS) is 13.2. The maximum atomic E-state index is 15.0. The fourth-order valence-corrected chi connectivity index (χ4v) is 2.82. The molecule has 0 spiro atoms. The summed E-state index contributed by atoms with van der Waals surface area (Å²) in [6, 6.07) is 5.97. The Balaban J connectivity index is 1.96. The molecule has 1 fully saturated rings. The van der Waals surface area contributed by atoms with Gasteiger partial charge in [-0.3, -0.25) is 10.2 Å². The molecule has 0 bridgehead atoms. The number of halogens is 2. The predicted octanol–water partition coefficient (Wildman–Crippen LogP) is 4.59. The van der Waals surface area contributed by atoms with Crippen molar-refractivity contribution in [2.24, 2.45) is 0 Å². The lowest BCUT2D eigenvalue weighted by Gasteiger charge is -2.25. The van der Waals surface area contributed by atoms with Crippen LogP contribution in [0.3, 0.4) is 0 Å². The van der Waals surface area contributed by atoms with Gasteiger partial charge in [-0.2, -0.15) is 0 Å². The molecule has 0 atom stereocenters. The van der Waals surface area contributed by atoms with Crippen molar-refractivity contribution in [3.8, 4) is 11.5 Å². The molecule has 1 aromatic heterocycles. The quantitative estimate of drug-likeness (QED) is 0.737. The molecule has 1 aliphatic rings. The van der Waals surface area contributed by atoms with Crippen LogP contribution in [-0.4, -0.2) is 30.8 Å². The van der Waals surface area contributed by atoms with Crippen molar-refractivity contribution in [1.29, 1.82) is 0 Å². The molecule has 1 aromatic carbocycles. The number of urea groups is 1. The largest absolute Gasteiger partial charge is 0.494 e. The fourth-order valence-electron chi connectivity index (χ4n) is 2.59. The van der Waals surface area contributed by atoms with E-state index in [1.54, 1.807) is 31.3 Å². The van der Waals surface area contributed by atoms with Crippen molar-refractivity contribution >= 4 is 33.5 Å². The highest BCUT2D eigenvalue weighted by Gasteiger charge is 2.38. The summed E-state index contributed by atoms with van der Waals surface area (Å²) >= 11 is 3.30. The number of benzene rings is 1. The lowest BCUT2D eigenvalue weighted by molar-refractivity contribution is 0.256. The Morgan fingerprint density at radius 2 is 2.08 bits per heavy atom. The second-order valence-corrected chi connectivity index (χ2v) is 6.67. The number of carbonyl (C=O) groups excluding carboxylic acids is 1. The average molecular weight is 424 g/mol. The van der Waals surface area contributed by atoms with Crippen molar-refractivity contribution in [3.05, 3.63) is 40.8 Å². The van der Waals surface area contributed by atoms with Crippen LogP contribution < -0.4 is 19.7 Å². The number of methoxy groups -OCH3 is 1. The number of carbonyl (C=O) groups is 1. The molecule has 138 valence electrons. The van der Waals surface area contributed by atoms with Crippen LogP contribution in [-0.2, 0) is 0 Å². The summed E-state index contributed by atoms with van der Waals surface area (Å²) in [7, 11) is 1.44. The van der Waals surface area contributed by atoms with Crippen molar-refractivity contribution in [2.75, 3.05) is 23.9 Å². The van der Waals surface area contributed by atoms with E-state index in [-0.39, 0.29) is 23.2 Å². The number of hydrogen-bond acceptors (Lipinski definition) is 4. The van der Waals surface area contributed by atoms with Crippen molar-refractivity contribution in [3.63, 3.8) is 0 Å². The molecule has 8 heteroatoms. The fraction of sp³-hybridized carbons (Fsp3) is 0.333. The number of nitrogens with zero attached hydrogens (tertiary/aromatic N) is 2. The summed E-state index contributed by atoms with van der Waals surface area (Å²) in [6.07, 6.45) is 3.17. The van der Waals surface area contributed by atoms with E-state index in [9.17, 15) is 4.79 Å². The third-order valence-corrected chi connectivity index (χ3v) is 4.37. The van der Waals surface area contributed by atoms with Gasteiger partial charge in [0.25, 0.3) is 0 Å². The monoisotopic (exact) mass is 423 g/mol. The summed E-state index contributed by atoms with van der Waals surface area (Å²) in [5.74, 6) is 0.126. The highest BCUT2D eigenvalue weighted by Crippen LogP contribution is 2.42. The van der Waals surface area contributed by atoms with Crippen LogP contribution in [0.2, 0.25) is 0 Å². The number of ether oxygens (including phenoxy) is 2. The van der Waals surface area contributed by atoms with Gasteiger partial charge in [0.05, 0.1) is 13.7 Å². The molecule has 0 saturated heterocycles. The summed E-state index contributed by atoms with van der Waals surface area (Å²) in [6.45, 7) is 2.09. The van der Waals surface area contributed by atoms with Gasteiger partial charge in [0.15, 0.2) is 11.6 Å². The molecule has 0 radical (unpaired) electrons. The van der Waals surface area contributed by atoms with Gasteiger partial charge in [-0.15, -0.1) is 0 Å². The maximum absolute atomic E-state index is 15.0. The van der Waals surface area contributed by atoms with E-state index >= 15 is 4.39 Å². The minimum Gasteiger partial charge on any atom is -0.494 e. The third-order valence-electron chi connectivity index (χ3n) is 3.90. The van der Waals surface area contributed by atoms with Gasteiger partial charge < -0.3 is 9.47 Å². The molecule has 3 rings (SSSR count). The summed E-state index contributed by atoms with van der Waals surface area (Å²) in [5, 5.41) is 2.71. The van der Waals surface area contributed by atoms with Crippen LogP contribution in [0.15, 0.2) is 34.9 Å². The Kier molecular flexibility index (Phi) is 5.61. The standard InChI is InChI=1S/C18H19BrFN3O3/c1-3-26-13-7-8-14(25-2)17(16(13)20)23(12-5-6-12)18(24)22-15-9-4-11(19)10-21-15/h4,7-10,12H,3,5-6H2,1-2H3,(H,21,22,24). The van der Waals surface area contributed by atoms with Crippen molar-refractivity contribution < 1.29 is 18.7 Å². The minimum absolute atomic E-state index is 0.0792. The van der Waals surface area contributed by atoms with Gasteiger partial charge in [0.2, 0.25) is 0 Å². The second kappa shape index (κ2) is 7.90. The number of hydrogen-bond donors (Lipinski definition) is 1. The highest BCUT2D eigenvalue weighted by atomic mass is 79.9. The maximum Gasteiger partial charge on any atom is 0.327 e. The van der Waals surface area contributed by atoms with E-state index < -0.39 is 11.8 Å². The average Bonchev–Trinajstić information content (AvgIpc) is 3.45. The lowest BCUT2D eigenvalue weighted by Crippen LogP contribution is -2.38. The van der Waals surface area contributed by atoms with Crippen LogP contribution in [0.5, 0.6) is 11.5 Å². The van der Waals surface area contributed by atoms with Crippen LogP contribution in [0.25, 0.3) is 0 Å². The molecular weight excluding hydrogens is 405 g/mol. The highest BCUT2D eigenvalue weighted by molar-refractivity contribution is 9.10. The van der Waals surface area contributed by atoms with Gasteiger partial charge in [0.1, 0.15) is 17.3 Å².